The first-order chi connectivity index (χ1) is 13.7. The summed E-state index contributed by atoms with van der Waals surface area (Å²) in [6.45, 7) is 1.63. The van der Waals surface area contributed by atoms with Gasteiger partial charge in [-0.15, -0.1) is 0 Å². The number of rotatable bonds is 8. The number of halogens is 1. The van der Waals surface area contributed by atoms with Crippen molar-refractivity contribution in [2.75, 3.05) is 0 Å². The molecule has 152 valence electrons. The number of nitrogens with one attached hydrogen (secondary N) is 1. The number of carboxylic acids is 2. The predicted molar refractivity (Wildman–Crippen MR) is 106 cm³/mol. The largest absolute Gasteiger partial charge is 0.483 e. The molecule has 8 nitrogen and oxygen atoms in total. The van der Waals surface area contributed by atoms with Gasteiger partial charge in [0.25, 0.3) is 0 Å². The Hall–Kier alpha value is -3.20. The highest BCUT2D eigenvalue weighted by Crippen LogP contribution is 2.18. The predicted octanol–water partition coefficient (Wildman–Crippen LogP) is 2.30. The van der Waals surface area contributed by atoms with Crippen LogP contribution in [0.25, 0.3) is 0 Å². The average molecular weight is 464 g/mol. The molecule has 0 fully saturated rings. The van der Waals surface area contributed by atoms with Gasteiger partial charge in [0.1, 0.15) is 11.8 Å². The maximum absolute atomic E-state index is 12.4. The van der Waals surface area contributed by atoms with Gasteiger partial charge in [-0.2, -0.15) is 0 Å². The number of ether oxygens (including phenoxy) is 1. The van der Waals surface area contributed by atoms with Crippen molar-refractivity contribution in [2.24, 2.45) is 0 Å². The molecule has 2 rings (SSSR count). The summed E-state index contributed by atoms with van der Waals surface area (Å²) in [7, 11) is 0. The Kier molecular flexibility index (Phi) is 7.49. The fraction of sp³-hybridized carbons (Fsp3) is 0.200. The van der Waals surface area contributed by atoms with E-state index < -0.39 is 30.0 Å². The van der Waals surface area contributed by atoms with Crippen LogP contribution in [0.5, 0.6) is 5.75 Å². The first kappa shape index (κ1) is 22.1. The molecule has 0 radical (unpaired) electrons. The standard InChI is InChI=1S/C20H18BrNO7/c1-11(17(23)13-4-6-14(21)7-5-13)29-15-8-2-12(3-9-15)10-16(19(25)26)22-18(24)20(27)28/h2-9,11,16H,10H2,1H3,(H,22,24)(H,25,26)(H,27,28)/t11?,16-/m1/s1. The van der Waals surface area contributed by atoms with Crippen LogP contribution in [-0.4, -0.2) is 46.0 Å². The van der Waals surface area contributed by atoms with E-state index in [1.54, 1.807) is 55.5 Å². The molecule has 2 aromatic rings. The quantitative estimate of drug-likeness (QED) is 0.404. The highest BCUT2D eigenvalue weighted by molar-refractivity contribution is 9.10. The molecule has 0 aliphatic heterocycles. The topological polar surface area (TPSA) is 130 Å². The van der Waals surface area contributed by atoms with Crippen molar-refractivity contribution in [3.05, 3.63) is 64.1 Å². The molecule has 0 spiro atoms. The van der Waals surface area contributed by atoms with Gasteiger partial charge < -0.3 is 20.3 Å². The van der Waals surface area contributed by atoms with Gasteiger partial charge in [0.2, 0.25) is 5.78 Å². The van der Waals surface area contributed by atoms with Crippen molar-refractivity contribution >= 4 is 39.6 Å². The maximum atomic E-state index is 12.4. The molecule has 0 bridgehead atoms. The zero-order valence-electron chi connectivity index (χ0n) is 15.3. The monoisotopic (exact) mass is 463 g/mol. The van der Waals surface area contributed by atoms with Gasteiger partial charge in [0.15, 0.2) is 6.10 Å². The molecule has 0 aromatic heterocycles. The lowest BCUT2D eigenvalue weighted by Gasteiger charge is -2.15. The molecule has 3 N–H and O–H groups in total. The Labute approximate surface area is 174 Å². The van der Waals surface area contributed by atoms with Crippen LogP contribution >= 0.6 is 15.9 Å². The summed E-state index contributed by atoms with van der Waals surface area (Å²) in [5, 5.41) is 19.7. The second-order valence-electron chi connectivity index (χ2n) is 6.15. The van der Waals surface area contributed by atoms with Gasteiger partial charge in [-0.1, -0.05) is 40.2 Å². The van der Waals surface area contributed by atoms with Crippen molar-refractivity contribution in [1.82, 2.24) is 5.32 Å². The maximum Gasteiger partial charge on any atom is 0.394 e. The summed E-state index contributed by atoms with van der Waals surface area (Å²) in [5.74, 6) is -4.28. The van der Waals surface area contributed by atoms with Crippen LogP contribution in [-0.2, 0) is 20.8 Å². The zero-order chi connectivity index (χ0) is 21.6. The van der Waals surface area contributed by atoms with E-state index in [2.05, 4.69) is 15.9 Å². The number of amides is 1. The lowest BCUT2D eigenvalue weighted by molar-refractivity contribution is -0.152. The van der Waals surface area contributed by atoms with Crippen LogP contribution in [0.4, 0.5) is 0 Å². The number of Topliss-reactive ketones (excluding diaryl/α,β-unsaturated/α-hetero) is 1. The Bertz CT molecular complexity index is 909. The smallest absolute Gasteiger partial charge is 0.394 e. The van der Waals surface area contributed by atoms with Crippen LogP contribution in [0.2, 0.25) is 0 Å². The minimum Gasteiger partial charge on any atom is -0.483 e. The van der Waals surface area contributed by atoms with Crippen molar-refractivity contribution < 1.29 is 34.1 Å². The number of carbonyl (C=O) groups excluding carboxylic acids is 2. The normalized spacial score (nSPS) is 12.5. The van der Waals surface area contributed by atoms with E-state index in [0.717, 1.165) is 4.47 Å². The van der Waals surface area contributed by atoms with E-state index in [4.69, 9.17) is 14.9 Å². The third-order valence-corrected chi connectivity index (χ3v) is 4.50. The molecule has 0 saturated carbocycles. The molecule has 0 saturated heterocycles. The summed E-state index contributed by atoms with van der Waals surface area (Å²) >= 11 is 3.31. The lowest BCUT2D eigenvalue weighted by atomic mass is 10.1. The number of carboxylic acid groups (broad SMARTS) is 2. The fourth-order valence-electron chi connectivity index (χ4n) is 2.47. The van der Waals surface area contributed by atoms with Crippen LogP contribution in [0.15, 0.2) is 53.0 Å². The Morgan fingerprint density at radius 2 is 1.59 bits per heavy atom. The molecule has 2 aromatic carbocycles. The number of benzene rings is 2. The second-order valence-corrected chi connectivity index (χ2v) is 7.06. The zero-order valence-corrected chi connectivity index (χ0v) is 16.9. The van der Waals surface area contributed by atoms with Gasteiger partial charge in [0, 0.05) is 16.5 Å². The van der Waals surface area contributed by atoms with E-state index >= 15 is 0 Å². The molecule has 1 unspecified atom stereocenters. The van der Waals surface area contributed by atoms with E-state index in [0.29, 0.717) is 16.9 Å². The van der Waals surface area contributed by atoms with E-state index in [-0.39, 0.29) is 12.2 Å². The highest BCUT2D eigenvalue weighted by Gasteiger charge is 2.24. The minimum absolute atomic E-state index is 0.109. The molecular formula is C20H18BrNO7. The first-order valence-electron chi connectivity index (χ1n) is 8.49. The van der Waals surface area contributed by atoms with Crippen LogP contribution in [0.3, 0.4) is 0 Å². The van der Waals surface area contributed by atoms with E-state index in [1.165, 1.54) is 0 Å². The number of ketones is 1. The highest BCUT2D eigenvalue weighted by atomic mass is 79.9. The van der Waals surface area contributed by atoms with Crippen molar-refractivity contribution in [3.63, 3.8) is 0 Å². The molecular weight excluding hydrogens is 446 g/mol. The third kappa shape index (κ3) is 6.42. The van der Waals surface area contributed by atoms with Gasteiger partial charge in [0.05, 0.1) is 0 Å². The summed E-state index contributed by atoms with van der Waals surface area (Å²) in [4.78, 5) is 45.4. The molecule has 0 aliphatic rings. The number of carbonyl (C=O) groups is 4. The number of hydrogen-bond acceptors (Lipinski definition) is 5. The SMILES string of the molecule is CC(Oc1ccc(C[C@@H](NC(=O)C(=O)O)C(=O)O)cc1)C(=O)c1ccc(Br)cc1. The van der Waals surface area contributed by atoms with Crippen LogP contribution in [0, 0.1) is 0 Å². The van der Waals surface area contributed by atoms with Crippen LogP contribution < -0.4 is 10.1 Å². The molecule has 0 heterocycles. The second kappa shape index (κ2) is 9.83. The number of hydrogen-bond donors (Lipinski definition) is 3. The molecule has 9 heteroatoms. The summed E-state index contributed by atoms with van der Waals surface area (Å²) in [6, 6.07) is 11.8. The summed E-state index contributed by atoms with van der Waals surface area (Å²) < 4.78 is 6.50. The summed E-state index contributed by atoms with van der Waals surface area (Å²) in [6.07, 6.45) is -0.842. The molecule has 1 amide bonds. The fourth-order valence-corrected chi connectivity index (χ4v) is 2.73. The van der Waals surface area contributed by atoms with Crippen molar-refractivity contribution in [3.8, 4) is 5.75 Å². The first-order valence-corrected chi connectivity index (χ1v) is 9.28. The molecule has 2 atom stereocenters. The minimum atomic E-state index is -1.76. The van der Waals surface area contributed by atoms with Crippen molar-refractivity contribution in [1.29, 1.82) is 0 Å². The van der Waals surface area contributed by atoms with Gasteiger partial charge in [-0.05, 0) is 36.8 Å². The molecule has 29 heavy (non-hydrogen) atoms. The molecule has 0 aliphatic carbocycles. The Morgan fingerprint density at radius 3 is 2.10 bits per heavy atom. The number of aliphatic carboxylic acids is 2. The van der Waals surface area contributed by atoms with Gasteiger partial charge >= 0.3 is 17.8 Å². The average Bonchev–Trinajstić information content (AvgIpc) is 2.68. The van der Waals surface area contributed by atoms with Gasteiger partial charge in [-0.25, -0.2) is 9.59 Å². The van der Waals surface area contributed by atoms with Crippen LogP contribution in [0.1, 0.15) is 22.8 Å². The van der Waals surface area contributed by atoms with E-state index in [1.807, 2.05) is 5.32 Å². The Morgan fingerprint density at radius 1 is 1.00 bits per heavy atom. The van der Waals surface area contributed by atoms with E-state index in [9.17, 15) is 19.2 Å². The lowest BCUT2D eigenvalue weighted by Crippen LogP contribution is -2.45. The van der Waals surface area contributed by atoms with Gasteiger partial charge in [-0.3, -0.25) is 9.59 Å². The Balaban J connectivity index is 2.00. The summed E-state index contributed by atoms with van der Waals surface area (Å²) in [5.41, 5.74) is 1.05. The van der Waals surface area contributed by atoms with Crippen molar-refractivity contribution in [2.45, 2.75) is 25.5 Å². The third-order valence-electron chi connectivity index (χ3n) is 3.97.